The number of ether oxygens (including phenoxy) is 1. The lowest BCUT2D eigenvalue weighted by Crippen LogP contribution is -2.39. The summed E-state index contributed by atoms with van der Waals surface area (Å²) in [6.07, 6.45) is -0.654. The van der Waals surface area contributed by atoms with E-state index in [-0.39, 0.29) is 11.9 Å². The van der Waals surface area contributed by atoms with E-state index < -0.39 is 6.10 Å². The second kappa shape index (κ2) is 8.74. The summed E-state index contributed by atoms with van der Waals surface area (Å²) in [6.45, 7) is 3.78. The van der Waals surface area contributed by atoms with Crippen molar-refractivity contribution in [3.05, 3.63) is 101 Å². The second-order valence-corrected chi connectivity index (χ2v) is 6.86. The van der Waals surface area contributed by atoms with E-state index in [9.17, 15) is 4.79 Å². The van der Waals surface area contributed by atoms with E-state index in [1.807, 2.05) is 61.5 Å². The molecule has 4 heteroatoms. The van der Waals surface area contributed by atoms with Gasteiger partial charge in [-0.2, -0.15) is 0 Å². The van der Waals surface area contributed by atoms with Gasteiger partial charge in [0, 0.05) is 5.02 Å². The number of nitrogens with one attached hydrogen (secondary N) is 1. The second-order valence-electron chi connectivity index (χ2n) is 6.43. The molecule has 0 aliphatic rings. The van der Waals surface area contributed by atoms with Crippen LogP contribution >= 0.6 is 11.6 Å². The van der Waals surface area contributed by atoms with Crippen molar-refractivity contribution in [2.75, 3.05) is 0 Å². The lowest BCUT2D eigenvalue weighted by atomic mass is 9.95. The van der Waals surface area contributed by atoms with Gasteiger partial charge in [-0.05, 0) is 48.7 Å². The van der Waals surface area contributed by atoms with Gasteiger partial charge in [0.1, 0.15) is 5.75 Å². The summed E-state index contributed by atoms with van der Waals surface area (Å²) in [5, 5.41) is 3.70. The molecular weight excluding hydrogens is 358 g/mol. The highest BCUT2D eigenvalue weighted by molar-refractivity contribution is 6.30. The minimum absolute atomic E-state index is 0.188. The molecule has 1 amide bonds. The van der Waals surface area contributed by atoms with Gasteiger partial charge in [-0.1, -0.05) is 72.3 Å². The molecule has 3 aromatic rings. The van der Waals surface area contributed by atoms with Crippen molar-refractivity contribution in [1.82, 2.24) is 5.32 Å². The molecule has 0 radical (unpaired) electrons. The van der Waals surface area contributed by atoms with Gasteiger partial charge in [-0.15, -0.1) is 0 Å². The minimum Gasteiger partial charge on any atom is -0.481 e. The van der Waals surface area contributed by atoms with Crippen molar-refractivity contribution < 1.29 is 9.53 Å². The van der Waals surface area contributed by atoms with Crippen LogP contribution in [0.15, 0.2) is 78.9 Å². The van der Waals surface area contributed by atoms with Gasteiger partial charge in [-0.25, -0.2) is 0 Å². The Hall–Kier alpha value is -2.78. The highest BCUT2D eigenvalue weighted by Gasteiger charge is 2.22. The molecule has 2 atom stereocenters. The first-order valence-electron chi connectivity index (χ1n) is 8.87. The van der Waals surface area contributed by atoms with Gasteiger partial charge in [0.2, 0.25) is 0 Å². The number of rotatable bonds is 6. The average Bonchev–Trinajstić information content (AvgIpc) is 2.67. The van der Waals surface area contributed by atoms with Crippen LogP contribution in [0.2, 0.25) is 5.02 Å². The summed E-state index contributed by atoms with van der Waals surface area (Å²) in [5.41, 5.74) is 3.21. The first-order valence-corrected chi connectivity index (χ1v) is 9.25. The number of benzene rings is 3. The molecule has 0 aliphatic heterocycles. The third-order valence-corrected chi connectivity index (χ3v) is 4.63. The standard InChI is InChI=1S/C23H22ClNO2/c1-16-9-6-7-14-21(16)22(18-10-4-3-5-11-18)25-23(26)17(2)27-20-13-8-12-19(24)15-20/h3-15,17,22H,1-2H3,(H,25,26)/t17-,22-/m1/s1. The number of amides is 1. The van der Waals surface area contributed by atoms with Crippen LogP contribution in [-0.2, 0) is 4.79 Å². The molecule has 0 aromatic heterocycles. The van der Waals surface area contributed by atoms with Gasteiger partial charge in [0.05, 0.1) is 6.04 Å². The number of carbonyl (C=O) groups is 1. The molecule has 0 fully saturated rings. The van der Waals surface area contributed by atoms with Crippen LogP contribution in [0.25, 0.3) is 0 Å². The third kappa shape index (κ3) is 4.89. The van der Waals surface area contributed by atoms with Crippen molar-refractivity contribution in [3.8, 4) is 5.75 Å². The van der Waals surface area contributed by atoms with Gasteiger partial charge in [0.25, 0.3) is 5.91 Å². The van der Waals surface area contributed by atoms with E-state index in [1.54, 1.807) is 31.2 Å². The van der Waals surface area contributed by atoms with Crippen LogP contribution in [0, 0.1) is 6.92 Å². The highest BCUT2D eigenvalue weighted by Crippen LogP contribution is 2.25. The van der Waals surface area contributed by atoms with Crippen LogP contribution in [0.1, 0.15) is 29.7 Å². The molecule has 3 aromatic carbocycles. The predicted octanol–water partition coefficient (Wildman–Crippen LogP) is 5.32. The zero-order valence-corrected chi connectivity index (χ0v) is 16.1. The molecule has 0 heterocycles. The number of hydrogen-bond donors (Lipinski definition) is 1. The molecule has 0 saturated carbocycles. The minimum atomic E-state index is -0.654. The van der Waals surface area contributed by atoms with E-state index in [1.165, 1.54) is 0 Å². The van der Waals surface area contributed by atoms with Crippen LogP contribution in [0.4, 0.5) is 0 Å². The van der Waals surface area contributed by atoms with E-state index in [4.69, 9.17) is 16.3 Å². The van der Waals surface area contributed by atoms with Crippen LogP contribution < -0.4 is 10.1 Å². The molecule has 27 heavy (non-hydrogen) atoms. The van der Waals surface area contributed by atoms with Crippen LogP contribution in [0.5, 0.6) is 5.75 Å². The van der Waals surface area contributed by atoms with Gasteiger partial charge in [0.15, 0.2) is 6.10 Å². The quantitative estimate of drug-likeness (QED) is 0.629. The normalized spacial score (nSPS) is 12.9. The Morgan fingerprint density at radius 2 is 1.67 bits per heavy atom. The van der Waals surface area contributed by atoms with E-state index in [0.717, 1.165) is 16.7 Å². The van der Waals surface area contributed by atoms with E-state index >= 15 is 0 Å². The average molecular weight is 380 g/mol. The Morgan fingerprint density at radius 3 is 2.37 bits per heavy atom. The van der Waals surface area contributed by atoms with Crippen molar-refractivity contribution >= 4 is 17.5 Å². The number of hydrogen-bond acceptors (Lipinski definition) is 2. The first-order chi connectivity index (χ1) is 13.0. The molecule has 138 valence electrons. The number of halogens is 1. The fraction of sp³-hybridized carbons (Fsp3) is 0.174. The maximum absolute atomic E-state index is 12.8. The molecule has 0 bridgehead atoms. The van der Waals surface area contributed by atoms with Crippen LogP contribution in [-0.4, -0.2) is 12.0 Å². The van der Waals surface area contributed by atoms with Gasteiger partial charge >= 0.3 is 0 Å². The lowest BCUT2D eigenvalue weighted by molar-refractivity contribution is -0.127. The van der Waals surface area contributed by atoms with E-state index in [2.05, 4.69) is 5.32 Å². The van der Waals surface area contributed by atoms with E-state index in [0.29, 0.717) is 10.8 Å². The lowest BCUT2D eigenvalue weighted by Gasteiger charge is -2.24. The zero-order valence-electron chi connectivity index (χ0n) is 15.4. The smallest absolute Gasteiger partial charge is 0.261 e. The molecule has 0 saturated heterocycles. The summed E-state index contributed by atoms with van der Waals surface area (Å²) in [7, 11) is 0. The zero-order chi connectivity index (χ0) is 19.2. The Balaban J connectivity index is 1.81. The monoisotopic (exact) mass is 379 g/mol. The fourth-order valence-electron chi connectivity index (χ4n) is 2.95. The van der Waals surface area contributed by atoms with Crippen molar-refractivity contribution in [1.29, 1.82) is 0 Å². The highest BCUT2D eigenvalue weighted by atomic mass is 35.5. The van der Waals surface area contributed by atoms with Crippen molar-refractivity contribution in [3.63, 3.8) is 0 Å². The third-order valence-electron chi connectivity index (χ3n) is 4.40. The topological polar surface area (TPSA) is 38.3 Å². The molecule has 1 N–H and O–H groups in total. The van der Waals surface area contributed by atoms with Crippen molar-refractivity contribution in [2.45, 2.75) is 26.0 Å². The predicted molar refractivity (Wildman–Crippen MR) is 109 cm³/mol. The fourth-order valence-corrected chi connectivity index (χ4v) is 3.13. The Morgan fingerprint density at radius 1 is 0.963 bits per heavy atom. The Kier molecular flexibility index (Phi) is 6.15. The molecule has 0 spiro atoms. The summed E-state index contributed by atoms with van der Waals surface area (Å²) < 4.78 is 5.76. The molecule has 3 rings (SSSR count). The van der Waals surface area contributed by atoms with Gasteiger partial charge in [-0.3, -0.25) is 4.79 Å². The molecule has 0 unspecified atom stereocenters. The van der Waals surface area contributed by atoms with Crippen molar-refractivity contribution in [2.24, 2.45) is 0 Å². The molecule has 3 nitrogen and oxygen atoms in total. The summed E-state index contributed by atoms with van der Waals surface area (Å²) >= 11 is 5.99. The largest absolute Gasteiger partial charge is 0.481 e. The maximum Gasteiger partial charge on any atom is 0.261 e. The van der Waals surface area contributed by atoms with Crippen LogP contribution in [0.3, 0.4) is 0 Å². The van der Waals surface area contributed by atoms with Gasteiger partial charge < -0.3 is 10.1 Å². The SMILES string of the molecule is Cc1ccccc1[C@H](NC(=O)[C@@H](C)Oc1cccc(Cl)c1)c1ccccc1. The number of aryl methyl sites for hydroxylation is 1. The Bertz CT molecular complexity index is 911. The first kappa shape index (κ1) is 19.0. The maximum atomic E-state index is 12.8. The summed E-state index contributed by atoms with van der Waals surface area (Å²) in [5.74, 6) is 0.379. The molecular formula is C23H22ClNO2. The summed E-state index contributed by atoms with van der Waals surface area (Å²) in [6, 6.07) is 24.8. The summed E-state index contributed by atoms with van der Waals surface area (Å²) in [4.78, 5) is 12.8. The molecule has 0 aliphatic carbocycles. The number of carbonyl (C=O) groups excluding carboxylic acids is 1. The Labute approximate surface area is 164 Å².